The third-order valence-corrected chi connectivity index (χ3v) is 4.80. The third kappa shape index (κ3) is 3.56. The molecule has 104 valence electrons. The molecule has 4 nitrogen and oxygen atoms in total. The number of carbonyl (C=O) groups is 1. The van der Waals surface area contributed by atoms with Gasteiger partial charge in [-0.1, -0.05) is 18.2 Å². The molecule has 1 heterocycles. The Hall–Kier alpha value is -1.36. The molecular formula is C14H20N2O2S. The van der Waals surface area contributed by atoms with Crippen molar-refractivity contribution in [3.05, 3.63) is 29.8 Å². The van der Waals surface area contributed by atoms with Gasteiger partial charge in [-0.25, -0.2) is 0 Å². The topological polar surface area (TPSA) is 58.2 Å². The molecule has 19 heavy (non-hydrogen) atoms. The number of hydrogen-bond acceptors (Lipinski definition) is 3. The van der Waals surface area contributed by atoms with Gasteiger partial charge in [0.25, 0.3) is 0 Å². The standard InChI is InChI=1S/C14H20N2O2S/c1-10(19(2)18)9-15-14(17)13-8-7-11-5-3-4-6-12(11)16-13/h3-6,10,13,16H,7-9H2,1-2H3,(H,15,17). The second-order valence-corrected chi connectivity index (χ2v) is 6.75. The third-order valence-electron chi connectivity index (χ3n) is 3.50. The SMILES string of the molecule is CC(CNC(=O)C1CCc2ccccc2N1)S(C)=O. The van der Waals surface area contributed by atoms with Gasteiger partial charge < -0.3 is 10.6 Å². The van der Waals surface area contributed by atoms with Crippen molar-refractivity contribution in [3.8, 4) is 0 Å². The molecule has 1 aliphatic heterocycles. The minimum absolute atomic E-state index is 0.00759. The van der Waals surface area contributed by atoms with Crippen LogP contribution < -0.4 is 10.6 Å². The zero-order chi connectivity index (χ0) is 13.8. The van der Waals surface area contributed by atoms with E-state index in [-0.39, 0.29) is 17.2 Å². The van der Waals surface area contributed by atoms with Crippen molar-refractivity contribution in [2.75, 3.05) is 18.1 Å². The molecule has 3 unspecified atom stereocenters. The summed E-state index contributed by atoms with van der Waals surface area (Å²) in [5.41, 5.74) is 2.30. The molecule has 2 rings (SSSR count). The summed E-state index contributed by atoms with van der Waals surface area (Å²) in [7, 11) is -0.903. The molecule has 0 aromatic heterocycles. The molecule has 0 aliphatic carbocycles. The number of anilines is 1. The number of rotatable bonds is 4. The van der Waals surface area contributed by atoms with Crippen molar-refractivity contribution in [2.45, 2.75) is 31.1 Å². The van der Waals surface area contributed by atoms with E-state index in [1.165, 1.54) is 5.56 Å². The maximum atomic E-state index is 12.1. The Morgan fingerprint density at radius 3 is 3.00 bits per heavy atom. The summed E-state index contributed by atoms with van der Waals surface area (Å²) in [6.07, 6.45) is 3.37. The van der Waals surface area contributed by atoms with Crippen LogP contribution >= 0.6 is 0 Å². The van der Waals surface area contributed by atoms with Gasteiger partial charge in [0.05, 0.1) is 0 Å². The van der Waals surface area contributed by atoms with Gasteiger partial charge in [0.15, 0.2) is 0 Å². The van der Waals surface area contributed by atoms with Crippen LogP contribution in [0.4, 0.5) is 5.69 Å². The van der Waals surface area contributed by atoms with Gasteiger partial charge in [-0.05, 0) is 31.4 Å². The first-order valence-corrected chi connectivity index (χ1v) is 8.14. The van der Waals surface area contributed by atoms with Gasteiger partial charge in [-0.2, -0.15) is 0 Å². The van der Waals surface area contributed by atoms with Gasteiger partial charge in [-0.15, -0.1) is 0 Å². The molecule has 0 saturated carbocycles. The Kier molecular flexibility index (Phi) is 4.58. The molecule has 0 spiro atoms. The molecule has 1 aliphatic rings. The number of amides is 1. The zero-order valence-corrected chi connectivity index (χ0v) is 12.1. The fraction of sp³-hybridized carbons (Fsp3) is 0.500. The first kappa shape index (κ1) is 14.1. The normalized spacial score (nSPS) is 20.8. The summed E-state index contributed by atoms with van der Waals surface area (Å²) in [4.78, 5) is 12.1. The van der Waals surface area contributed by atoms with Crippen LogP contribution in [0.25, 0.3) is 0 Å². The lowest BCUT2D eigenvalue weighted by molar-refractivity contribution is -0.122. The quantitative estimate of drug-likeness (QED) is 0.874. The van der Waals surface area contributed by atoms with Crippen molar-refractivity contribution in [2.24, 2.45) is 0 Å². The Balaban J connectivity index is 1.90. The minimum Gasteiger partial charge on any atom is -0.373 e. The summed E-state index contributed by atoms with van der Waals surface area (Å²) in [5.74, 6) is -0.00759. The molecule has 1 amide bonds. The highest BCUT2D eigenvalue weighted by molar-refractivity contribution is 7.84. The van der Waals surface area contributed by atoms with Crippen LogP contribution in [0, 0.1) is 0 Å². The molecule has 0 fully saturated rings. The van der Waals surface area contributed by atoms with Crippen LogP contribution in [0.3, 0.4) is 0 Å². The molecule has 2 N–H and O–H groups in total. The molecule has 5 heteroatoms. The Bertz CT molecular complexity index is 490. The minimum atomic E-state index is -0.903. The summed E-state index contributed by atoms with van der Waals surface area (Å²) < 4.78 is 11.2. The van der Waals surface area contributed by atoms with E-state index in [0.29, 0.717) is 6.54 Å². The van der Waals surface area contributed by atoms with Crippen molar-refractivity contribution in [3.63, 3.8) is 0 Å². The van der Waals surface area contributed by atoms with E-state index in [9.17, 15) is 9.00 Å². The highest BCUT2D eigenvalue weighted by Crippen LogP contribution is 2.24. The van der Waals surface area contributed by atoms with Crippen molar-refractivity contribution >= 4 is 22.4 Å². The number of aryl methyl sites for hydroxylation is 1. The van der Waals surface area contributed by atoms with E-state index in [2.05, 4.69) is 16.7 Å². The second kappa shape index (κ2) is 6.19. The lowest BCUT2D eigenvalue weighted by Gasteiger charge is -2.26. The number of nitrogens with one attached hydrogen (secondary N) is 2. The average molecular weight is 280 g/mol. The molecule has 0 bridgehead atoms. The fourth-order valence-corrected chi connectivity index (χ4v) is 2.44. The van der Waals surface area contributed by atoms with Crippen molar-refractivity contribution in [1.82, 2.24) is 5.32 Å². The Labute approximate surface area is 116 Å². The predicted octanol–water partition coefficient (Wildman–Crippen LogP) is 1.30. The van der Waals surface area contributed by atoms with Crippen LogP contribution in [-0.2, 0) is 22.0 Å². The van der Waals surface area contributed by atoms with Crippen LogP contribution in [-0.4, -0.2) is 34.2 Å². The Morgan fingerprint density at radius 1 is 1.53 bits per heavy atom. The highest BCUT2D eigenvalue weighted by atomic mass is 32.2. The number of benzene rings is 1. The van der Waals surface area contributed by atoms with Gasteiger partial charge in [0.2, 0.25) is 5.91 Å². The van der Waals surface area contributed by atoms with Gasteiger partial charge in [0.1, 0.15) is 6.04 Å². The second-order valence-electron chi connectivity index (χ2n) is 4.95. The Morgan fingerprint density at radius 2 is 2.26 bits per heavy atom. The van der Waals surface area contributed by atoms with Crippen molar-refractivity contribution < 1.29 is 9.00 Å². The summed E-state index contributed by atoms with van der Waals surface area (Å²) in [5, 5.41) is 6.12. The summed E-state index contributed by atoms with van der Waals surface area (Å²) in [6.45, 7) is 2.34. The molecule has 1 aromatic carbocycles. The first-order valence-electron chi connectivity index (χ1n) is 6.52. The molecule has 3 atom stereocenters. The zero-order valence-electron chi connectivity index (χ0n) is 11.3. The van der Waals surface area contributed by atoms with Gasteiger partial charge >= 0.3 is 0 Å². The monoisotopic (exact) mass is 280 g/mol. The van der Waals surface area contributed by atoms with E-state index in [0.717, 1.165) is 18.5 Å². The first-order chi connectivity index (χ1) is 9.08. The predicted molar refractivity (Wildman–Crippen MR) is 78.7 cm³/mol. The smallest absolute Gasteiger partial charge is 0.242 e. The van der Waals surface area contributed by atoms with Gasteiger partial charge in [-0.3, -0.25) is 9.00 Å². The van der Waals surface area contributed by atoms with Crippen molar-refractivity contribution in [1.29, 1.82) is 0 Å². The van der Waals surface area contributed by atoms with E-state index in [4.69, 9.17) is 0 Å². The summed E-state index contributed by atoms with van der Waals surface area (Å²) >= 11 is 0. The lowest BCUT2D eigenvalue weighted by Crippen LogP contribution is -2.44. The molecule has 0 radical (unpaired) electrons. The average Bonchev–Trinajstić information content (AvgIpc) is 2.43. The molecule has 1 aromatic rings. The molecule has 0 saturated heterocycles. The summed E-state index contributed by atoms with van der Waals surface area (Å²) in [6, 6.07) is 7.87. The van der Waals surface area contributed by atoms with Gasteiger partial charge in [0, 0.05) is 34.5 Å². The molecular weight excluding hydrogens is 260 g/mol. The maximum Gasteiger partial charge on any atom is 0.242 e. The number of fused-ring (bicyclic) bond motifs is 1. The van der Waals surface area contributed by atoms with Crippen LogP contribution in [0.1, 0.15) is 18.9 Å². The fourth-order valence-electron chi connectivity index (χ4n) is 2.12. The number of para-hydroxylation sites is 1. The maximum absolute atomic E-state index is 12.1. The van der Waals surface area contributed by atoms with E-state index in [1.807, 2.05) is 25.1 Å². The van der Waals surface area contributed by atoms with E-state index >= 15 is 0 Å². The van der Waals surface area contributed by atoms with Crippen LogP contribution in [0.5, 0.6) is 0 Å². The lowest BCUT2D eigenvalue weighted by atomic mass is 9.98. The van der Waals surface area contributed by atoms with Crippen LogP contribution in [0.15, 0.2) is 24.3 Å². The van der Waals surface area contributed by atoms with Crippen LogP contribution in [0.2, 0.25) is 0 Å². The number of carbonyl (C=O) groups excluding carboxylic acids is 1. The largest absolute Gasteiger partial charge is 0.373 e. The highest BCUT2D eigenvalue weighted by Gasteiger charge is 2.23. The number of hydrogen-bond donors (Lipinski definition) is 2. The van der Waals surface area contributed by atoms with E-state index in [1.54, 1.807) is 6.26 Å². The van der Waals surface area contributed by atoms with E-state index < -0.39 is 10.8 Å².